The van der Waals surface area contributed by atoms with Crippen LogP contribution in [0.4, 0.5) is 0 Å². The molecule has 76 heavy (non-hydrogen) atoms. The fraction of sp³-hybridized carbons (Fsp3) is 0.257. The van der Waals surface area contributed by atoms with E-state index in [4.69, 9.17) is 28.4 Å². The van der Waals surface area contributed by atoms with Crippen molar-refractivity contribution in [3.8, 4) is 34.5 Å². The lowest BCUT2D eigenvalue weighted by molar-refractivity contribution is 0.289. The highest BCUT2D eigenvalue weighted by Crippen LogP contribution is 2.41. The van der Waals surface area contributed by atoms with Crippen LogP contribution in [0.15, 0.2) is 183 Å². The summed E-state index contributed by atoms with van der Waals surface area (Å²) < 4.78 is 42.6. The zero-order chi connectivity index (χ0) is 51.5. The van der Waals surface area contributed by atoms with Gasteiger partial charge in [-0.2, -0.15) is 0 Å². The molecule has 0 radical (unpaired) electrons. The smallest absolute Gasteiger partial charge is 0.126 e. The summed E-state index contributed by atoms with van der Waals surface area (Å²) in [4.78, 5) is 0. The van der Waals surface area contributed by atoms with E-state index in [1.165, 1.54) is 0 Å². The Kier molecular flexibility index (Phi) is 16.0. The van der Waals surface area contributed by atoms with Gasteiger partial charge < -0.3 is 28.4 Å². The van der Waals surface area contributed by atoms with Gasteiger partial charge >= 0.3 is 0 Å². The Morgan fingerprint density at radius 2 is 0.553 bits per heavy atom. The Balaban J connectivity index is 1.15. The van der Waals surface area contributed by atoms with Gasteiger partial charge in [0, 0.05) is 38.5 Å². The molecule has 0 aliphatic carbocycles. The van der Waals surface area contributed by atoms with Gasteiger partial charge in [0.2, 0.25) is 0 Å². The number of allylic oxidation sites excluding steroid dienone is 2. The summed E-state index contributed by atoms with van der Waals surface area (Å²) in [7, 11) is 0. The standard InChI is InChI=1S/C70H68O6/c1-3-5-7-9-35-71-65-53-23-13-24-54(65)40-58-28-16-32-62-44-64-34-18-30-60-42-56-26-14-25-55(66(56)72-36-10-8-6-4-2)41-59-29-17-33-63(69(59)75-47-51-21-12-22-52(38-51)48-76-70(60)64)43-61-31-15-27-57(39-53)67(61)73-45-49-19-11-20-50(37-49)46-74-68(58)62/h3-4,11-34,37-38H,1-2,5-10,35-36,39-48H2. The minimum absolute atomic E-state index is 0.387. The quantitative estimate of drug-likeness (QED) is 0.0898. The van der Waals surface area contributed by atoms with Crippen LogP contribution in [-0.2, 0) is 65.0 Å². The molecule has 384 valence electrons. The van der Waals surface area contributed by atoms with Crippen molar-refractivity contribution in [1.82, 2.24) is 0 Å². The second-order valence-electron chi connectivity index (χ2n) is 20.6. The number of ether oxygens (including phenoxy) is 6. The van der Waals surface area contributed by atoms with E-state index in [0.717, 1.165) is 162 Å². The number of unbranched alkanes of at least 4 members (excludes halogenated alkanes) is 4. The molecule has 0 fully saturated rings. The molecule has 0 saturated heterocycles. The van der Waals surface area contributed by atoms with Crippen molar-refractivity contribution in [1.29, 1.82) is 0 Å². The Bertz CT molecular complexity index is 2940. The van der Waals surface area contributed by atoms with Crippen molar-refractivity contribution in [3.05, 3.63) is 272 Å². The highest BCUT2D eigenvalue weighted by atomic mass is 16.5. The number of para-hydroxylation sites is 6. The SMILES string of the molecule is C=CCCCCOc1c2cccc1Cc1cccc3c1OCc1cccc(c1)COc1c(cccc1Cc1cccc4c1OCc1cccc(c1)COc1c(cccc1C3)Cc1cccc(c1OCCCCC=C)C4)C2. The number of fused-ring (bicyclic) bond motifs is 4. The third-order valence-corrected chi connectivity index (χ3v) is 15.0. The molecule has 6 nitrogen and oxygen atoms in total. The first-order chi connectivity index (χ1) is 37.6. The fourth-order valence-electron chi connectivity index (χ4n) is 11.2. The van der Waals surface area contributed by atoms with E-state index < -0.39 is 0 Å². The molecule has 0 amide bonds. The Morgan fingerprint density at radius 1 is 0.316 bits per heavy atom. The van der Waals surface area contributed by atoms with E-state index in [-0.39, 0.29) is 0 Å². The second-order valence-corrected chi connectivity index (χ2v) is 20.6. The van der Waals surface area contributed by atoms with E-state index in [0.29, 0.717) is 78.2 Å². The van der Waals surface area contributed by atoms with Crippen molar-refractivity contribution in [3.63, 3.8) is 0 Å². The predicted octanol–water partition coefficient (Wildman–Crippen LogP) is 16.0. The predicted molar refractivity (Wildman–Crippen MR) is 305 cm³/mol. The van der Waals surface area contributed by atoms with Gasteiger partial charge in [0.15, 0.2) is 0 Å². The van der Waals surface area contributed by atoms with Gasteiger partial charge in [-0.3, -0.25) is 0 Å². The Morgan fingerprint density at radius 3 is 0.816 bits per heavy atom. The van der Waals surface area contributed by atoms with Crippen molar-refractivity contribution in [2.24, 2.45) is 0 Å². The van der Waals surface area contributed by atoms with Crippen molar-refractivity contribution < 1.29 is 28.4 Å². The van der Waals surface area contributed by atoms with Crippen LogP contribution >= 0.6 is 0 Å². The zero-order valence-electron chi connectivity index (χ0n) is 43.8. The van der Waals surface area contributed by atoms with Crippen LogP contribution in [0.2, 0.25) is 0 Å². The highest BCUT2D eigenvalue weighted by molar-refractivity contribution is 5.57. The summed E-state index contributed by atoms with van der Waals surface area (Å²) in [6, 6.07) is 57.0. The van der Waals surface area contributed by atoms with Crippen LogP contribution in [-0.4, -0.2) is 13.2 Å². The second kappa shape index (κ2) is 24.1. The molecule has 8 aromatic rings. The number of rotatable bonds is 12. The maximum Gasteiger partial charge on any atom is 0.126 e. The Labute approximate surface area is 449 Å². The zero-order valence-corrected chi connectivity index (χ0v) is 43.8. The normalized spacial score (nSPS) is 13.7. The molecule has 0 unspecified atom stereocenters. The molecule has 0 saturated carbocycles. The summed E-state index contributed by atoms with van der Waals surface area (Å²) in [5.74, 6) is 5.36. The number of hydrogen-bond acceptors (Lipinski definition) is 6. The van der Waals surface area contributed by atoms with Crippen molar-refractivity contribution in [2.75, 3.05) is 13.2 Å². The third-order valence-electron chi connectivity index (χ3n) is 15.0. The minimum atomic E-state index is 0.387. The molecular weight excluding hydrogens is 937 g/mol. The van der Waals surface area contributed by atoms with Crippen LogP contribution in [0.1, 0.15) is 128 Å². The Hall–Kier alpha value is -7.96. The molecule has 0 atom stereocenters. The van der Waals surface area contributed by atoms with E-state index in [2.05, 4.69) is 171 Å². The summed E-state index contributed by atoms with van der Waals surface area (Å²) >= 11 is 0. The molecule has 0 spiro atoms. The van der Waals surface area contributed by atoms with Gasteiger partial charge in [0.1, 0.15) is 60.9 Å². The molecule has 4 aliphatic heterocycles. The molecule has 6 heteroatoms. The summed E-state index contributed by atoms with van der Waals surface area (Å²) in [6.07, 6.45) is 13.4. The molecular formula is C70H68O6. The minimum Gasteiger partial charge on any atom is -0.493 e. The molecule has 0 N–H and O–H groups in total. The largest absolute Gasteiger partial charge is 0.493 e. The first-order valence-corrected chi connectivity index (χ1v) is 27.4. The number of hydrogen-bond donors (Lipinski definition) is 0. The van der Waals surface area contributed by atoms with Gasteiger partial charge in [0.05, 0.1) is 13.2 Å². The average Bonchev–Trinajstić information content (AvgIpc) is 3.45. The van der Waals surface area contributed by atoms with Gasteiger partial charge in [-0.1, -0.05) is 158 Å². The molecule has 0 aromatic heterocycles. The van der Waals surface area contributed by atoms with Crippen molar-refractivity contribution >= 4 is 0 Å². The van der Waals surface area contributed by atoms with Gasteiger partial charge in [-0.15, -0.1) is 13.2 Å². The molecule has 8 aromatic carbocycles. The topological polar surface area (TPSA) is 55.4 Å². The first-order valence-electron chi connectivity index (χ1n) is 27.4. The van der Waals surface area contributed by atoms with Crippen LogP contribution in [0, 0.1) is 0 Å². The third kappa shape index (κ3) is 11.8. The van der Waals surface area contributed by atoms with E-state index in [9.17, 15) is 0 Å². The summed E-state index contributed by atoms with van der Waals surface area (Å²) in [5.41, 5.74) is 17.5. The van der Waals surface area contributed by atoms with Crippen LogP contribution in [0.5, 0.6) is 34.5 Å². The maximum absolute atomic E-state index is 7.17. The lowest BCUT2D eigenvalue weighted by Crippen LogP contribution is -2.10. The molecule has 16 bridgehead atoms. The fourth-order valence-corrected chi connectivity index (χ4v) is 11.2. The highest BCUT2D eigenvalue weighted by Gasteiger charge is 2.24. The lowest BCUT2D eigenvalue weighted by Gasteiger charge is -2.23. The van der Waals surface area contributed by atoms with Gasteiger partial charge in [0.25, 0.3) is 0 Å². The maximum atomic E-state index is 7.17. The molecule has 4 aliphatic rings. The van der Waals surface area contributed by atoms with E-state index in [1.54, 1.807) is 0 Å². The van der Waals surface area contributed by atoms with Gasteiger partial charge in [-0.25, -0.2) is 0 Å². The van der Waals surface area contributed by atoms with Crippen LogP contribution < -0.4 is 28.4 Å². The van der Waals surface area contributed by atoms with Crippen LogP contribution in [0.3, 0.4) is 0 Å². The first kappa shape index (κ1) is 50.2. The molecule has 12 rings (SSSR count). The van der Waals surface area contributed by atoms with Crippen LogP contribution in [0.25, 0.3) is 0 Å². The van der Waals surface area contributed by atoms with Gasteiger partial charge in [-0.05, 0) is 140 Å². The molecule has 4 heterocycles. The summed E-state index contributed by atoms with van der Waals surface area (Å²) in [5, 5.41) is 0. The average molecular weight is 1010 g/mol. The monoisotopic (exact) mass is 1000 g/mol. The van der Waals surface area contributed by atoms with Crippen molar-refractivity contribution in [2.45, 2.75) is 103 Å². The lowest BCUT2D eigenvalue weighted by atomic mass is 9.91. The van der Waals surface area contributed by atoms with E-state index >= 15 is 0 Å². The van der Waals surface area contributed by atoms with E-state index in [1.807, 2.05) is 12.2 Å². The summed E-state index contributed by atoms with van der Waals surface area (Å²) in [6.45, 7) is 10.7. The number of benzene rings is 8.